The van der Waals surface area contributed by atoms with Crippen molar-refractivity contribution in [2.24, 2.45) is 0 Å². The number of rotatable bonds is 7. The van der Waals surface area contributed by atoms with Gasteiger partial charge in [0, 0.05) is 11.6 Å². The van der Waals surface area contributed by atoms with Crippen LogP contribution in [0.2, 0.25) is 0 Å². The summed E-state index contributed by atoms with van der Waals surface area (Å²) in [5.74, 6) is 1.45. The molecular weight excluding hydrogens is 314 g/mol. The molecule has 2 aromatic rings. The van der Waals surface area contributed by atoms with E-state index in [2.05, 4.69) is 6.07 Å². The summed E-state index contributed by atoms with van der Waals surface area (Å²) in [4.78, 5) is 10.8. The zero-order valence-electron chi connectivity index (χ0n) is 13.9. The Labute approximate surface area is 139 Å². The van der Waals surface area contributed by atoms with Crippen molar-refractivity contribution in [3.05, 3.63) is 40.4 Å². The Hall–Kier alpha value is -2.96. The lowest BCUT2D eigenvalue weighted by Crippen LogP contribution is -1.99. The molecule has 0 heterocycles. The summed E-state index contributed by atoms with van der Waals surface area (Å²) in [6.45, 7) is 2.11. The van der Waals surface area contributed by atoms with Crippen LogP contribution in [0.25, 0.3) is 11.1 Å². The summed E-state index contributed by atoms with van der Waals surface area (Å²) in [5, 5.41) is 11.3. The van der Waals surface area contributed by atoms with Gasteiger partial charge in [-0.2, -0.15) is 0 Å². The van der Waals surface area contributed by atoms with Gasteiger partial charge in [-0.25, -0.2) is 0 Å². The van der Waals surface area contributed by atoms with Crippen LogP contribution in [-0.2, 0) is 0 Å². The topological polar surface area (TPSA) is 80.1 Å². The molecule has 0 aliphatic heterocycles. The van der Waals surface area contributed by atoms with Gasteiger partial charge in [-0.05, 0) is 30.7 Å². The summed E-state index contributed by atoms with van der Waals surface area (Å²) in [7, 11) is 4.48. The van der Waals surface area contributed by atoms with Crippen molar-refractivity contribution >= 4 is 5.69 Å². The molecule has 7 heteroatoms. The molecule has 0 aromatic heterocycles. The van der Waals surface area contributed by atoms with Crippen molar-refractivity contribution < 1.29 is 23.9 Å². The van der Waals surface area contributed by atoms with Gasteiger partial charge < -0.3 is 18.9 Å². The lowest BCUT2D eigenvalue weighted by Gasteiger charge is -2.15. The maximum atomic E-state index is 11.3. The second-order valence-corrected chi connectivity index (χ2v) is 4.67. The van der Waals surface area contributed by atoms with Crippen LogP contribution in [0.3, 0.4) is 0 Å². The summed E-state index contributed by atoms with van der Waals surface area (Å²) in [5.41, 5.74) is 0.962. The van der Waals surface area contributed by atoms with E-state index in [0.29, 0.717) is 35.0 Å². The van der Waals surface area contributed by atoms with E-state index in [9.17, 15) is 10.1 Å². The lowest BCUT2D eigenvalue weighted by molar-refractivity contribution is -0.385. The minimum Gasteiger partial charge on any atom is -0.493 e. The minimum atomic E-state index is -0.484. The second-order valence-electron chi connectivity index (χ2n) is 4.67. The fraction of sp³-hybridized carbons (Fsp3) is 0.294. The van der Waals surface area contributed by atoms with Crippen molar-refractivity contribution in [1.82, 2.24) is 0 Å². The van der Waals surface area contributed by atoms with Crippen molar-refractivity contribution in [2.75, 3.05) is 27.9 Å². The maximum Gasteiger partial charge on any atom is 0.311 e. The second kappa shape index (κ2) is 7.54. The third-order valence-electron chi connectivity index (χ3n) is 3.38. The van der Waals surface area contributed by atoms with E-state index in [0.717, 1.165) is 0 Å². The molecule has 0 saturated heterocycles. The quantitative estimate of drug-likeness (QED) is 0.570. The van der Waals surface area contributed by atoms with Crippen molar-refractivity contribution in [3.63, 3.8) is 0 Å². The molecule has 2 aromatic carbocycles. The highest BCUT2D eigenvalue weighted by Crippen LogP contribution is 2.45. The first-order valence-electron chi connectivity index (χ1n) is 7.19. The number of ether oxygens (including phenoxy) is 4. The van der Waals surface area contributed by atoms with Gasteiger partial charge in [0.25, 0.3) is 0 Å². The standard InChI is InChI=1S/C17H18NO6/c1-5-24-14-8-6-11(10-13(14)18(19)20)12-7-9-15(21-2)17(23-4)16(12)22-3/h6,8-10H,5H2,1-4H3. The molecule has 0 aliphatic carbocycles. The molecule has 24 heavy (non-hydrogen) atoms. The Morgan fingerprint density at radius 3 is 2.33 bits per heavy atom. The van der Waals surface area contributed by atoms with Gasteiger partial charge in [-0.3, -0.25) is 10.1 Å². The lowest BCUT2D eigenvalue weighted by atomic mass is 10.0. The third kappa shape index (κ3) is 3.19. The van der Waals surface area contributed by atoms with Crippen LogP contribution in [0, 0.1) is 16.2 Å². The van der Waals surface area contributed by atoms with Gasteiger partial charge >= 0.3 is 5.69 Å². The Balaban J connectivity index is 2.63. The Morgan fingerprint density at radius 1 is 1.08 bits per heavy atom. The molecule has 0 saturated carbocycles. The van der Waals surface area contributed by atoms with E-state index in [1.807, 2.05) is 0 Å². The van der Waals surface area contributed by atoms with E-state index in [1.165, 1.54) is 27.4 Å². The monoisotopic (exact) mass is 332 g/mol. The van der Waals surface area contributed by atoms with Crippen LogP contribution in [0.4, 0.5) is 5.69 Å². The first kappa shape index (κ1) is 17.4. The van der Waals surface area contributed by atoms with Gasteiger partial charge in [0.2, 0.25) is 5.75 Å². The van der Waals surface area contributed by atoms with Crippen LogP contribution in [0.1, 0.15) is 6.92 Å². The van der Waals surface area contributed by atoms with Crippen LogP contribution >= 0.6 is 0 Å². The molecule has 127 valence electrons. The average Bonchev–Trinajstić information content (AvgIpc) is 2.60. The predicted molar refractivity (Wildman–Crippen MR) is 88.2 cm³/mol. The van der Waals surface area contributed by atoms with E-state index in [-0.39, 0.29) is 11.4 Å². The highest BCUT2D eigenvalue weighted by molar-refractivity contribution is 5.78. The largest absolute Gasteiger partial charge is 0.493 e. The number of hydrogen-bond donors (Lipinski definition) is 0. The Kier molecular flexibility index (Phi) is 5.47. The highest BCUT2D eigenvalue weighted by atomic mass is 16.6. The van der Waals surface area contributed by atoms with E-state index in [1.54, 1.807) is 25.1 Å². The van der Waals surface area contributed by atoms with Crippen LogP contribution in [-0.4, -0.2) is 32.9 Å². The van der Waals surface area contributed by atoms with Gasteiger partial charge in [0.15, 0.2) is 17.2 Å². The van der Waals surface area contributed by atoms with Crippen LogP contribution < -0.4 is 18.9 Å². The number of hydrogen-bond acceptors (Lipinski definition) is 6. The SMILES string of the molecule is CCOc1ccc(-c2[c]cc(OC)c(OC)c2OC)cc1[N+](=O)[O-]. The molecule has 0 unspecified atom stereocenters. The molecule has 0 fully saturated rings. The molecule has 2 rings (SSSR count). The number of methoxy groups -OCH3 is 3. The number of nitro groups is 1. The number of nitrogens with zero attached hydrogens (tertiary/aromatic N) is 1. The zero-order valence-corrected chi connectivity index (χ0v) is 13.9. The van der Waals surface area contributed by atoms with E-state index >= 15 is 0 Å². The molecule has 7 nitrogen and oxygen atoms in total. The Morgan fingerprint density at radius 2 is 1.79 bits per heavy atom. The van der Waals surface area contributed by atoms with E-state index in [4.69, 9.17) is 18.9 Å². The number of benzene rings is 2. The smallest absolute Gasteiger partial charge is 0.311 e. The zero-order chi connectivity index (χ0) is 17.7. The van der Waals surface area contributed by atoms with Gasteiger partial charge in [0.1, 0.15) is 0 Å². The van der Waals surface area contributed by atoms with Crippen LogP contribution in [0.5, 0.6) is 23.0 Å². The van der Waals surface area contributed by atoms with Crippen molar-refractivity contribution in [3.8, 4) is 34.1 Å². The summed E-state index contributed by atoms with van der Waals surface area (Å²) >= 11 is 0. The number of nitro benzene ring substituents is 1. The predicted octanol–water partition coefficient (Wildman–Crippen LogP) is 3.49. The maximum absolute atomic E-state index is 11.3. The van der Waals surface area contributed by atoms with Crippen LogP contribution in [0.15, 0.2) is 24.3 Å². The normalized spacial score (nSPS) is 10.2. The molecule has 0 N–H and O–H groups in total. The van der Waals surface area contributed by atoms with Gasteiger partial charge in [0.05, 0.1) is 32.9 Å². The average molecular weight is 332 g/mol. The third-order valence-corrected chi connectivity index (χ3v) is 3.38. The van der Waals surface area contributed by atoms with Gasteiger partial charge in [-0.1, -0.05) is 6.07 Å². The van der Waals surface area contributed by atoms with Gasteiger partial charge in [-0.15, -0.1) is 0 Å². The minimum absolute atomic E-state index is 0.125. The first-order chi connectivity index (χ1) is 11.6. The highest BCUT2D eigenvalue weighted by Gasteiger charge is 2.21. The molecule has 0 aliphatic rings. The molecule has 0 atom stereocenters. The fourth-order valence-corrected chi connectivity index (χ4v) is 2.34. The summed E-state index contributed by atoms with van der Waals surface area (Å²) in [6.07, 6.45) is 0. The fourth-order valence-electron chi connectivity index (χ4n) is 2.34. The van der Waals surface area contributed by atoms with Crippen molar-refractivity contribution in [1.29, 1.82) is 0 Å². The molecule has 0 amide bonds. The molecular formula is C17H18NO6. The summed E-state index contributed by atoms with van der Waals surface area (Å²) < 4.78 is 21.3. The van der Waals surface area contributed by atoms with E-state index < -0.39 is 4.92 Å². The first-order valence-corrected chi connectivity index (χ1v) is 7.19. The molecule has 0 bridgehead atoms. The molecule has 1 radical (unpaired) electrons. The Bertz CT molecular complexity index is 744. The summed E-state index contributed by atoms with van der Waals surface area (Å²) in [6, 6.07) is 9.30. The van der Waals surface area contributed by atoms with Crippen molar-refractivity contribution in [2.45, 2.75) is 6.92 Å². The molecule has 0 spiro atoms.